The predicted molar refractivity (Wildman–Crippen MR) is 44.5 cm³/mol. The van der Waals surface area contributed by atoms with E-state index < -0.39 is 16.5 Å². The average Bonchev–Trinajstić information content (AvgIpc) is 2.01. The van der Waals surface area contributed by atoms with Crippen LogP contribution >= 0.6 is 0 Å². The molecule has 0 saturated heterocycles. The largest absolute Gasteiger partial charge is 0.397 e. The molecule has 0 saturated carbocycles. The topological polar surface area (TPSA) is 93.1 Å². The van der Waals surface area contributed by atoms with E-state index in [1.165, 1.54) is 0 Å². The van der Waals surface area contributed by atoms with Gasteiger partial charge in [0.25, 0.3) is 0 Å². The third-order valence-corrected chi connectivity index (χ3v) is 1.99. The highest BCUT2D eigenvalue weighted by Crippen LogP contribution is 2.09. The summed E-state index contributed by atoms with van der Waals surface area (Å²) < 4.78 is 33.2. The van der Waals surface area contributed by atoms with Crippen molar-refractivity contribution in [3.05, 3.63) is 0 Å². The maximum atomic E-state index is 10.3. The van der Waals surface area contributed by atoms with Gasteiger partial charge >= 0.3 is 10.4 Å². The minimum absolute atomic E-state index is 0.116. The van der Waals surface area contributed by atoms with Crippen LogP contribution in [0.4, 0.5) is 0 Å². The molecule has 0 aliphatic heterocycles. The quantitative estimate of drug-likeness (QED) is 0.282. The monoisotopic (exact) mass is 214 g/mol. The summed E-state index contributed by atoms with van der Waals surface area (Å²) in [6, 6.07) is 0. The molecule has 0 aromatic carbocycles. The molecule has 0 aliphatic carbocycles. The van der Waals surface area contributed by atoms with Crippen LogP contribution in [0.3, 0.4) is 0 Å². The Labute approximate surface area is 77.4 Å². The maximum absolute atomic E-state index is 10.3. The Bertz CT molecular complexity index is 211. The van der Waals surface area contributed by atoms with E-state index in [0.717, 1.165) is 0 Å². The lowest BCUT2D eigenvalue weighted by molar-refractivity contribution is -0.243. The Morgan fingerprint density at radius 1 is 1.46 bits per heavy atom. The van der Waals surface area contributed by atoms with Gasteiger partial charge in [-0.15, -0.1) is 0 Å². The van der Waals surface area contributed by atoms with Crippen LogP contribution in [0, 0.1) is 0 Å². The highest BCUT2D eigenvalue weighted by atomic mass is 32.3. The van der Waals surface area contributed by atoms with Crippen LogP contribution in [0.5, 0.6) is 0 Å². The van der Waals surface area contributed by atoms with Gasteiger partial charge in [0.1, 0.15) is 0 Å². The van der Waals surface area contributed by atoms with E-state index in [2.05, 4.69) is 9.07 Å². The zero-order valence-electron chi connectivity index (χ0n) is 7.34. The van der Waals surface area contributed by atoms with E-state index in [4.69, 9.17) is 9.81 Å². The molecule has 0 bridgehead atoms. The molecule has 0 aromatic heterocycles. The molecular formula is C6H14O6S. The molecule has 1 atom stereocenters. The first-order valence-corrected chi connectivity index (χ1v) is 5.28. The van der Waals surface area contributed by atoms with Crippen LogP contribution in [0.15, 0.2) is 0 Å². The van der Waals surface area contributed by atoms with Crippen LogP contribution in [0.2, 0.25) is 0 Å². The first kappa shape index (κ1) is 12.8. The van der Waals surface area contributed by atoms with Crippen molar-refractivity contribution >= 4 is 10.4 Å². The van der Waals surface area contributed by atoms with Gasteiger partial charge in [-0.25, -0.2) is 9.07 Å². The van der Waals surface area contributed by atoms with Crippen LogP contribution in [0.1, 0.15) is 26.2 Å². The second kappa shape index (κ2) is 6.28. The first-order valence-electron chi connectivity index (χ1n) is 3.91. The van der Waals surface area contributed by atoms with Crippen molar-refractivity contribution in [1.82, 2.24) is 0 Å². The Kier molecular flexibility index (Phi) is 6.17. The smallest absolute Gasteiger partial charge is 0.264 e. The molecule has 1 unspecified atom stereocenters. The number of hydrogen-bond donors (Lipinski definition) is 2. The second-order valence-corrected chi connectivity index (χ2v) is 3.58. The van der Waals surface area contributed by atoms with Gasteiger partial charge in [-0.05, 0) is 19.3 Å². The van der Waals surface area contributed by atoms with Gasteiger partial charge in [0, 0.05) is 0 Å². The third kappa shape index (κ3) is 8.13. The lowest BCUT2D eigenvalue weighted by Crippen LogP contribution is -2.17. The van der Waals surface area contributed by atoms with Crippen LogP contribution < -0.4 is 0 Å². The minimum Gasteiger partial charge on any atom is -0.264 e. The van der Waals surface area contributed by atoms with Crippen LogP contribution in [-0.2, 0) is 19.5 Å². The highest BCUT2D eigenvalue weighted by molar-refractivity contribution is 7.80. The Morgan fingerprint density at radius 2 is 2.08 bits per heavy atom. The minimum atomic E-state index is -4.38. The summed E-state index contributed by atoms with van der Waals surface area (Å²) in [6.07, 6.45) is 0.761. The first-order chi connectivity index (χ1) is 5.99. The van der Waals surface area contributed by atoms with Crippen LogP contribution in [-0.4, -0.2) is 30.9 Å². The van der Waals surface area contributed by atoms with Crippen molar-refractivity contribution in [1.29, 1.82) is 0 Å². The summed E-state index contributed by atoms with van der Waals surface area (Å²) in [4.78, 5) is 3.80. The van der Waals surface area contributed by atoms with Gasteiger partial charge in [-0.1, -0.05) is 6.92 Å². The van der Waals surface area contributed by atoms with Gasteiger partial charge < -0.3 is 0 Å². The summed E-state index contributed by atoms with van der Waals surface area (Å²) >= 11 is 0. The number of hydrogen-bond acceptors (Lipinski definition) is 5. The van der Waals surface area contributed by atoms with E-state index in [0.29, 0.717) is 19.3 Å². The molecule has 7 heteroatoms. The molecule has 0 rings (SSSR count). The van der Waals surface area contributed by atoms with Crippen molar-refractivity contribution < 1.29 is 27.3 Å². The molecule has 0 fully saturated rings. The van der Waals surface area contributed by atoms with Crippen molar-refractivity contribution in [2.45, 2.75) is 32.3 Å². The fourth-order valence-corrected chi connectivity index (χ4v) is 1.44. The maximum Gasteiger partial charge on any atom is 0.397 e. The summed E-state index contributed by atoms with van der Waals surface area (Å²) in [6.45, 7) is 1.85. The molecule has 0 aromatic rings. The predicted octanol–water partition coefficient (Wildman–Crippen LogP) is 0.854. The second-order valence-electron chi connectivity index (χ2n) is 2.53. The Morgan fingerprint density at radius 3 is 2.46 bits per heavy atom. The van der Waals surface area contributed by atoms with Gasteiger partial charge in [0.15, 0.2) is 0 Å². The third-order valence-electron chi connectivity index (χ3n) is 1.47. The van der Waals surface area contributed by atoms with Gasteiger partial charge in [0.05, 0.1) is 12.7 Å². The molecule has 6 nitrogen and oxygen atoms in total. The van der Waals surface area contributed by atoms with E-state index in [9.17, 15) is 8.42 Å². The number of rotatable bonds is 7. The van der Waals surface area contributed by atoms with E-state index in [-0.39, 0.29) is 6.61 Å². The average molecular weight is 214 g/mol. The molecule has 0 heterocycles. The molecule has 0 spiro atoms. The highest BCUT2D eigenvalue weighted by Gasteiger charge is 2.14. The van der Waals surface area contributed by atoms with E-state index in [1.54, 1.807) is 6.92 Å². The summed E-state index contributed by atoms with van der Waals surface area (Å²) in [7, 11) is -4.38. The lowest BCUT2D eigenvalue weighted by Gasteiger charge is -2.11. The molecule has 80 valence electrons. The van der Waals surface area contributed by atoms with Crippen LogP contribution in [0.25, 0.3) is 0 Å². The SMILES string of the molecule is CCC(CCCOO)OS(=O)(=O)O. The van der Waals surface area contributed by atoms with Gasteiger partial charge in [-0.3, -0.25) is 9.81 Å². The fourth-order valence-electron chi connectivity index (χ4n) is 0.868. The molecule has 13 heavy (non-hydrogen) atoms. The lowest BCUT2D eigenvalue weighted by atomic mass is 10.2. The van der Waals surface area contributed by atoms with Gasteiger partial charge in [-0.2, -0.15) is 8.42 Å². The van der Waals surface area contributed by atoms with Crippen molar-refractivity contribution in [2.24, 2.45) is 0 Å². The summed E-state index contributed by atoms with van der Waals surface area (Å²) in [5.41, 5.74) is 0. The Balaban J connectivity index is 3.77. The zero-order chi connectivity index (χ0) is 10.3. The molecule has 0 amide bonds. The molecule has 0 aliphatic rings. The van der Waals surface area contributed by atoms with E-state index >= 15 is 0 Å². The van der Waals surface area contributed by atoms with Crippen molar-refractivity contribution in [3.8, 4) is 0 Å². The molecular weight excluding hydrogens is 200 g/mol. The normalized spacial score (nSPS) is 14.4. The fraction of sp³-hybridized carbons (Fsp3) is 1.00. The molecule has 0 radical (unpaired) electrons. The standard InChI is InChI=1S/C6H14O6S/c1-2-6(4-3-5-11-7)12-13(8,9)10/h6-7H,2-5H2,1H3,(H,8,9,10). The van der Waals surface area contributed by atoms with Crippen molar-refractivity contribution in [3.63, 3.8) is 0 Å². The zero-order valence-corrected chi connectivity index (χ0v) is 8.16. The summed E-state index contributed by atoms with van der Waals surface area (Å²) in [5, 5.41) is 7.98. The van der Waals surface area contributed by atoms with Gasteiger partial charge in [0.2, 0.25) is 0 Å². The van der Waals surface area contributed by atoms with E-state index in [1.807, 2.05) is 0 Å². The molecule has 2 N–H and O–H groups in total. The Hall–Kier alpha value is -0.210. The summed E-state index contributed by atoms with van der Waals surface area (Å²) in [5.74, 6) is 0. The van der Waals surface area contributed by atoms with Crippen molar-refractivity contribution in [2.75, 3.05) is 6.61 Å².